The third kappa shape index (κ3) is 1.80. The van der Waals surface area contributed by atoms with Gasteiger partial charge in [0, 0.05) is 4.91 Å². The van der Waals surface area contributed by atoms with Crippen LogP contribution in [-0.4, -0.2) is 0 Å². The number of hydrogen-bond donors (Lipinski definition) is 0. The van der Waals surface area contributed by atoms with Crippen molar-refractivity contribution >= 4 is 33.2 Å². The molecule has 14 heavy (non-hydrogen) atoms. The molecule has 4 nitrogen and oxygen atoms in total. The van der Waals surface area contributed by atoms with Crippen LogP contribution in [0.2, 0.25) is 5.02 Å². The molecule has 0 amide bonds. The number of halogens is 3. The highest BCUT2D eigenvalue weighted by atomic mass is 79.9. The summed E-state index contributed by atoms with van der Waals surface area (Å²) in [5.41, 5.74) is 7.61. The van der Waals surface area contributed by atoms with E-state index in [-0.39, 0.29) is 20.7 Å². The number of hydrogen-bond acceptors (Lipinski definition) is 2. The van der Waals surface area contributed by atoms with Crippen LogP contribution in [-0.2, 0) is 0 Å². The van der Waals surface area contributed by atoms with Crippen molar-refractivity contribution in [1.29, 1.82) is 5.26 Å². The summed E-state index contributed by atoms with van der Waals surface area (Å²) in [7, 11) is 0. The van der Waals surface area contributed by atoms with Crippen molar-refractivity contribution in [1.82, 2.24) is 0 Å². The number of nitrogens with zero attached hydrogens (tertiary/aromatic N) is 4. The third-order valence-electron chi connectivity index (χ3n) is 1.40. The van der Waals surface area contributed by atoms with E-state index in [1.165, 1.54) is 6.07 Å². The molecule has 0 unspecified atom stereocenters. The zero-order valence-corrected chi connectivity index (χ0v) is 8.84. The summed E-state index contributed by atoms with van der Waals surface area (Å²) in [6.07, 6.45) is 0. The van der Waals surface area contributed by atoms with E-state index in [1.807, 2.05) is 0 Å². The lowest BCUT2D eigenvalue weighted by Gasteiger charge is -2.02. The van der Waals surface area contributed by atoms with E-state index in [2.05, 4.69) is 26.0 Å². The van der Waals surface area contributed by atoms with Crippen LogP contribution in [0.3, 0.4) is 0 Å². The van der Waals surface area contributed by atoms with Crippen molar-refractivity contribution in [3.05, 3.63) is 37.4 Å². The molecule has 0 spiro atoms. The van der Waals surface area contributed by atoms with Crippen molar-refractivity contribution in [3.8, 4) is 6.07 Å². The number of benzene rings is 1. The van der Waals surface area contributed by atoms with Crippen LogP contribution in [0.1, 0.15) is 5.56 Å². The first-order valence-corrected chi connectivity index (χ1v) is 4.41. The summed E-state index contributed by atoms with van der Waals surface area (Å²) in [6.45, 7) is 0. The van der Waals surface area contributed by atoms with Crippen molar-refractivity contribution in [2.75, 3.05) is 0 Å². The molecule has 0 aliphatic heterocycles. The van der Waals surface area contributed by atoms with Crippen LogP contribution < -0.4 is 0 Å². The molecule has 0 saturated carbocycles. The Morgan fingerprint density at radius 2 is 2.36 bits per heavy atom. The Labute approximate surface area is 91.7 Å². The summed E-state index contributed by atoms with van der Waals surface area (Å²) in [5.74, 6) is -0.792. The SMILES string of the molecule is N#Cc1c(F)c(Br)cc(Cl)c1N=[N+]=[N-]. The van der Waals surface area contributed by atoms with E-state index in [1.54, 1.807) is 6.07 Å². The summed E-state index contributed by atoms with van der Waals surface area (Å²) in [5, 5.41) is 11.8. The van der Waals surface area contributed by atoms with Crippen LogP contribution in [0.5, 0.6) is 0 Å². The maximum Gasteiger partial charge on any atom is 0.155 e. The first-order chi connectivity index (χ1) is 6.61. The van der Waals surface area contributed by atoms with Crippen LogP contribution in [0, 0.1) is 17.1 Å². The molecule has 0 fully saturated rings. The maximum atomic E-state index is 13.3. The minimum absolute atomic E-state index is 0.0209. The van der Waals surface area contributed by atoms with E-state index in [9.17, 15) is 4.39 Å². The summed E-state index contributed by atoms with van der Waals surface area (Å²) in [4.78, 5) is 2.45. The topological polar surface area (TPSA) is 72.5 Å². The van der Waals surface area contributed by atoms with Gasteiger partial charge in [-0.3, -0.25) is 0 Å². The van der Waals surface area contributed by atoms with Gasteiger partial charge < -0.3 is 0 Å². The van der Waals surface area contributed by atoms with E-state index < -0.39 is 5.82 Å². The third-order valence-corrected chi connectivity index (χ3v) is 2.27. The Bertz CT molecular complexity index is 476. The van der Waals surface area contributed by atoms with Crippen molar-refractivity contribution in [3.63, 3.8) is 0 Å². The minimum atomic E-state index is -0.792. The van der Waals surface area contributed by atoms with Crippen LogP contribution in [0.25, 0.3) is 10.4 Å². The molecule has 0 aliphatic carbocycles. The maximum absolute atomic E-state index is 13.3. The van der Waals surface area contributed by atoms with E-state index >= 15 is 0 Å². The lowest BCUT2D eigenvalue weighted by atomic mass is 10.2. The van der Waals surface area contributed by atoms with Gasteiger partial charge in [-0.2, -0.15) is 5.26 Å². The molecule has 0 aliphatic rings. The second kappa shape index (κ2) is 4.29. The normalized spacial score (nSPS) is 9.00. The molecule has 1 rings (SSSR count). The highest BCUT2D eigenvalue weighted by molar-refractivity contribution is 9.10. The van der Waals surface area contributed by atoms with Gasteiger partial charge in [0.25, 0.3) is 0 Å². The van der Waals surface area contributed by atoms with Crippen molar-refractivity contribution in [2.45, 2.75) is 0 Å². The molecule has 0 atom stereocenters. The Hall–Kier alpha value is -1.28. The van der Waals surface area contributed by atoms with Crippen LogP contribution >= 0.6 is 27.5 Å². The first-order valence-electron chi connectivity index (χ1n) is 3.24. The number of azide groups is 1. The van der Waals surface area contributed by atoms with Crippen molar-refractivity contribution in [2.24, 2.45) is 5.11 Å². The average molecular weight is 275 g/mol. The van der Waals surface area contributed by atoms with Gasteiger partial charge in [0.15, 0.2) is 5.82 Å². The van der Waals surface area contributed by atoms with Gasteiger partial charge in [-0.15, -0.1) is 0 Å². The quantitative estimate of drug-likeness (QED) is 0.330. The first kappa shape index (κ1) is 10.8. The average Bonchev–Trinajstić information content (AvgIpc) is 2.15. The fourth-order valence-electron chi connectivity index (χ4n) is 0.830. The molecule has 1 aromatic rings. The second-order valence-electron chi connectivity index (χ2n) is 2.18. The number of rotatable bonds is 1. The largest absolute Gasteiger partial charge is 0.204 e. The van der Waals surface area contributed by atoms with Gasteiger partial charge in [0.2, 0.25) is 0 Å². The smallest absolute Gasteiger partial charge is 0.155 e. The summed E-state index contributed by atoms with van der Waals surface area (Å²) >= 11 is 8.53. The van der Waals surface area contributed by atoms with Gasteiger partial charge >= 0.3 is 0 Å². The Morgan fingerprint density at radius 1 is 1.71 bits per heavy atom. The molecular formula is C7HBrClFN4. The Balaban J connectivity index is 3.65. The molecule has 0 radical (unpaired) electrons. The fraction of sp³-hybridized carbons (Fsp3) is 0. The summed E-state index contributed by atoms with van der Waals surface area (Å²) in [6, 6.07) is 2.80. The molecule has 0 bridgehead atoms. The van der Waals surface area contributed by atoms with Gasteiger partial charge in [-0.05, 0) is 27.5 Å². The molecule has 0 heterocycles. The molecule has 0 N–H and O–H groups in total. The molecule has 0 saturated heterocycles. The second-order valence-corrected chi connectivity index (χ2v) is 3.44. The molecule has 7 heteroatoms. The zero-order valence-electron chi connectivity index (χ0n) is 6.50. The fourth-order valence-corrected chi connectivity index (χ4v) is 1.63. The highest BCUT2D eigenvalue weighted by Crippen LogP contribution is 2.35. The van der Waals surface area contributed by atoms with E-state index in [0.717, 1.165) is 0 Å². The monoisotopic (exact) mass is 274 g/mol. The van der Waals surface area contributed by atoms with Gasteiger partial charge in [-0.25, -0.2) is 4.39 Å². The lowest BCUT2D eigenvalue weighted by Crippen LogP contribution is -1.87. The zero-order chi connectivity index (χ0) is 10.7. The minimum Gasteiger partial charge on any atom is -0.204 e. The lowest BCUT2D eigenvalue weighted by molar-refractivity contribution is 0.617. The van der Waals surface area contributed by atoms with Crippen LogP contribution in [0.15, 0.2) is 15.7 Å². The van der Waals surface area contributed by atoms with Crippen LogP contribution in [0.4, 0.5) is 10.1 Å². The van der Waals surface area contributed by atoms with E-state index in [0.29, 0.717) is 0 Å². The predicted octanol–water partition coefficient (Wildman–Crippen LogP) is 4.06. The summed E-state index contributed by atoms with van der Waals surface area (Å²) < 4.78 is 13.3. The van der Waals surface area contributed by atoms with Gasteiger partial charge in [-0.1, -0.05) is 16.7 Å². The molecule has 70 valence electrons. The molecular weight excluding hydrogens is 274 g/mol. The Kier molecular flexibility index (Phi) is 3.31. The standard InChI is InChI=1S/C7HBrClFN4/c8-4-1-5(9)7(13-14-12)3(2-11)6(4)10/h1H. The predicted molar refractivity (Wildman–Crippen MR) is 52.6 cm³/mol. The highest BCUT2D eigenvalue weighted by Gasteiger charge is 2.14. The van der Waals surface area contributed by atoms with Gasteiger partial charge in [0.05, 0.1) is 20.7 Å². The Morgan fingerprint density at radius 3 is 2.86 bits per heavy atom. The van der Waals surface area contributed by atoms with Gasteiger partial charge in [0.1, 0.15) is 6.07 Å². The van der Waals surface area contributed by atoms with Crippen molar-refractivity contribution < 1.29 is 4.39 Å². The molecule has 1 aromatic carbocycles. The van der Waals surface area contributed by atoms with E-state index in [4.69, 9.17) is 22.4 Å². The molecule has 0 aromatic heterocycles. The number of nitriles is 1.